The summed E-state index contributed by atoms with van der Waals surface area (Å²) in [7, 11) is 0. The number of thioether (sulfide) groups is 1. The van der Waals surface area contributed by atoms with Gasteiger partial charge < -0.3 is 0 Å². The van der Waals surface area contributed by atoms with Gasteiger partial charge in [-0.1, -0.05) is 23.9 Å². The summed E-state index contributed by atoms with van der Waals surface area (Å²) in [5.74, 6) is 0.272. The van der Waals surface area contributed by atoms with Crippen LogP contribution in [0.1, 0.15) is 24.5 Å². The van der Waals surface area contributed by atoms with Crippen LogP contribution in [0.5, 0.6) is 0 Å². The molecule has 0 aliphatic carbocycles. The van der Waals surface area contributed by atoms with E-state index in [-0.39, 0.29) is 5.12 Å². The van der Waals surface area contributed by atoms with Crippen molar-refractivity contribution in [2.24, 2.45) is 0 Å². The molecule has 0 amide bonds. The summed E-state index contributed by atoms with van der Waals surface area (Å²) < 4.78 is 13.2. The molecule has 2 nitrogen and oxygen atoms in total. The second kappa shape index (κ2) is 6.43. The Hall–Kier alpha value is -1.16. The van der Waals surface area contributed by atoms with E-state index in [9.17, 15) is 9.18 Å². The number of halogens is 1. The molecule has 16 heavy (non-hydrogen) atoms. The van der Waals surface area contributed by atoms with Gasteiger partial charge in [0.2, 0.25) is 5.95 Å². The molecule has 0 aromatic carbocycles. The second-order valence-corrected chi connectivity index (χ2v) is 4.70. The smallest absolute Gasteiger partial charge is 0.220 e. The van der Waals surface area contributed by atoms with Crippen LogP contribution >= 0.6 is 11.8 Å². The largest absolute Gasteiger partial charge is 0.288 e. The van der Waals surface area contributed by atoms with Gasteiger partial charge in [0.1, 0.15) is 0 Å². The number of aromatic nitrogens is 1. The van der Waals surface area contributed by atoms with Gasteiger partial charge in [-0.25, -0.2) is 4.98 Å². The Labute approximate surface area is 99.0 Å². The molecule has 4 heteroatoms. The number of rotatable bonds is 4. The first-order valence-corrected chi connectivity index (χ1v) is 6.00. The Morgan fingerprint density at radius 1 is 1.62 bits per heavy atom. The van der Waals surface area contributed by atoms with Crippen LogP contribution in [0.4, 0.5) is 4.39 Å². The van der Waals surface area contributed by atoms with Crippen molar-refractivity contribution in [2.75, 3.05) is 5.75 Å². The van der Waals surface area contributed by atoms with Gasteiger partial charge in [-0.3, -0.25) is 4.79 Å². The van der Waals surface area contributed by atoms with E-state index in [1.807, 2.05) is 13.0 Å². The second-order valence-electron chi connectivity index (χ2n) is 3.42. The minimum absolute atomic E-state index is 0.108. The molecular weight excluding hydrogens is 225 g/mol. The lowest BCUT2D eigenvalue weighted by atomic mass is 10.2. The molecule has 1 aromatic heterocycles. The van der Waals surface area contributed by atoms with Crippen LogP contribution in [0.2, 0.25) is 0 Å². The molecule has 1 heterocycles. The molecule has 0 spiro atoms. The summed E-state index contributed by atoms with van der Waals surface area (Å²) in [6.07, 6.45) is 5.81. The number of hydrogen-bond acceptors (Lipinski definition) is 3. The number of carbonyl (C=O) groups excluding carboxylic acids is 1. The van der Waals surface area contributed by atoms with Crippen LogP contribution in [0, 0.1) is 12.9 Å². The number of nitrogens with zero attached hydrogens (tertiary/aromatic N) is 1. The molecule has 0 aliphatic rings. The van der Waals surface area contributed by atoms with Crippen molar-refractivity contribution >= 4 is 23.0 Å². The van der Waals surface area contributed by atoms with Crippen molar-refractivity contribution in [3.63, 3.8) is 0 Å². The van der Waals surface area contributed by atoms with E-state index < -0.39 is 5.95 Å². The fourth-order valence-corrected chi connectivity index (χ4v) is 1.71. The van der Waals surface area contributed by atoms with Crippen molar-refractivity contribution in [2.45, 2.75) is 20.3 Å². The molecule has 0 aliphatic heterocycles. The first-order chi connectivity index (χ1) is 7.59. The van der Waals surface area contributed by atoms with Gasteiger partial charge in [0, 0.05) is 24.4 Å². The molecule has 0 saturated carbocycles. The summed E-state index contributed by atoms with van der Waals surface area (Å²) in [5.41, 5.74) is 1.42. The predicted molar refractivity (Wildman–Crippen MR) is 65.7 cm³/mol. The van der Waals surface area contributed by atoms with Crippen molar-refractivity contribution in [3.8, 4) is 0 Å². The highest BCUT2D eigenvalue weighted by Crippen LogP contribution is 2.10. The average molecular weight is 239 g/mol. The van der Waals surface area contributed by atoms with Crippen LogP contribution in [0.3, 0.4) is 0 Å². The van der Waals surface area contributed by atoms with Gasteiger partial charge in [-0.05, 0) is 25.0 Å². The summed E-state index contributed by atoms with van der Waals surface area (Å²) in [4.78, 5) is 14.3. The molecule has 0 radical (unpaired) electrons. The maximum atomic E-state index is 13.2. The molecule has 0 saturated heterocycles. The SMILES string of the molecule is CC(=O)SCCC=Cc1cc(C)cnc1F. The Morgan fingerprint density at radius 3 is 3.06 bits per heavy atom. The first kappa shape index (κ1) is 12.9. The van der Waals surface area contributed by atoms with Crippen molar-refractivity contribution in [1.29, 1.82) is 0 Å². The fourth-order valence-electron chi connectivity index (χ4n) is 1.17. The zero-order valence-corrected chi connectivity index (χ0v) is 10.2. The molecule has 1 rings (SSSR count). The zero-order chi connectivity index (χ0) is 12.0. The minimum atomic E-state index is -0.457. The Kier molecular flexibility index (Phi) is 5.19. The van der Waals surface area contributed by atoms with Gasteiger partial charge in [0.25, 0.3) is 0 Å². The predicted octanol–water partition coefficient (Wildman–Crippen LogP) is 3.21. The minimum Gasteiger partial charge on any atom is -0.288 e. The Bertz CT molecular complexity index is 404. The lowest BCUT2D eigenvalue weighted by Gasteiger charge is -1.97. The quantitative estimate of drug-likeness (QED) is 0.597. The number of aryl methyl sites for hydroxylation is 1. The van der Waals surface area contributed by atoms with Gasteiger partial charge in [-0.2, -0.15) is 4.39 Å². The summed E-state index contributed by atoms with van der Waals surface area (Å²) >= 11 is 1.27. The summed E-state index contributed by atoms with van der Waals surface area (Å²) in [5, 5.41) is 0.108. The summed E-state index contributed by atoms with van der Waals surface area (Å²) in [6, 6.07) is 1.75. The van der Waals surface area contributed by atoms with Crippen LogP contribution in [-0.4, -0.2) is 15.9 Å². The average Bonchev–Trinajstić information content (AvgIpc) is 2.22. The van der Waals surface area contributed by atoms with E-state index in [4.69, 9.17) is 0 Å². The topological polar surface area (TPSA) is 30.0 Å². The van der Waals surface area contributed by atoms with E-state index in [2.05, 4.69) is 4.98 Å². The lowest BCUT2D eigenvalue weighted by molar-refractivity contribution is -0.109. The van der Waals surface area contributed by atoms with Crippen LogP contribution < -0.4 is 0 Å². The van der Waals surface area contributed by atoms with Crippen molar-refractivity contribution in [3.05, 3.63) is 35.4 Å². The molecule has 0 atom stereocenters. The van der Waals surface area contributed by atoms with Gasteiger partial charge in [-0.15, -0.1) is 0 Å². The highest BCUT2D eigenvalue weighted by atomic mass is 32.2. The van der Waals surface area contributed by atoms with E-state index >= 15 is 0 Å². The number of hydrogen-bond donors (Lipinski definition) is 0. The van der Waals surface area contributed by atoms with Crippen molar-refractivity contribution in [1.82, 2.24) is 4.98 Å². The number of pyridine rings is 1. The van der Waals surface area contributed by atoms with Gasteiger partial charge >= 0.3 is 0 Å². The highest BCUT2D eigenvalue weighted by molar-refractivity contribution is 8.13. The molecule has 0 bridgehead atoms. The van der Waals surface area contributed by atoms with Crippen LogP contribution in [0.25, 0.3) is 6.08 Å². The van der Waals surface area contributed by atoms with Gasteiger partial charge in [0.05, 0.1) is 0 Å². The molecule has 1 aromatic rings. The monoisotopic (exact) mass is 239 g/mol. The molecular formula is C12H14FNOS. The maximum absolute atomic E-state index is 13.2. The van der Waals surface area contributed by atoms with E-state index in [0.717, 1.165) is 17.7 Å². The normalized spacial score (nSPS) is 10.9. The van der Waals surface area contributed by atoms with E-state index in [1.165, 1.54) is 18.0 Å². The molecule has 0 unspecified atom stereocenters. The third-order valence-electron chi connectivity index (χ3n) is 1.89. The lowest BCUT2D eigenvalue weighted by Crippen LogP contribution is -1.89. The number of allylic oxidation sites excluding steroid dienone is 1. The van der Waals surface area contributed by atoms with Crippen LogP contribution in [-0.2, 0) is 4.79 Å². The fraction of sp³-hybridized carbons (Fsp3) is 0.333. The first-order valence-electron chi connectivity index (χ1n) is 5.01. The van der Waals surface area contributed by atoms with E-state index in [1.54, 1.807) is 19.1 Å². The zero-order valence-electron chi connectivity index (χ0n) is 9.37. The van der Waals surface area contributed by atoms with Crippen LogP contribution in [0.15, 0.2) is 18.3 Å². The standard InChI is InChI=1S/C12H14FNOS/c1-9-7-11(12(13)14-8-9)5-3-4-6-16-10(2)15/h3,5,7-8H,4,6H2,1-2H3. The van der Waals surface area contributed by atoms with Gasteiger partial charge in [0.15, 0.2) is 5.12 Å². The third kappa shape index (κ3) is 4.57. The summed E-state index contributed by atoms with van der Waals surface area (Å²) in [6.45, 7) is 3.41. The molecule has 86 valence electrons. The Balaban J connectivity index is 2.49. The van der Waals surface area contributed by atoms with Crippen molar-refractivity contribution < 1.29 is 9.18 Å². The van der Waals surface area contributed by atoms with E-state index in [0.29, 0.717) is 5.56 Å². The third-order valence-corrected chi connectivity index (χ3v) is 2.74. The number of carbonyl (C=O) groups is 1. The molecule has 0 N–H and O–H groups in total. The highest BCUT2D eigenvalue weighted by Gasteiger charge is 1.99. The molecule has 0 fully saturated rings. The Morgan fingerprint density at radius 2 is 2.38 bits per heavy atom. The maximum Gasteiger partial charge on any atom is 0.220 e.